The molecule has 2 heterocycles. The molecule has 0 aliphatic carbocycles. The summed E-state index contributed by atoms with van der Waals surface area (Å²) in [6.07, 6.45) is -3.85. The third-order valence-electron chi connectivity index (χ3n) is 5.90. The molecule has 0 aromatic carbocycles. The van der Waals surface area contributed by atoms with Gasteiger partial charge in [-0.1, -0.05) is 20.8 Å². The zero-order chi connectivity index (χ0) is 22.9. The first kappa shape index (κ1) is 24.9. The van der Waals surface area contributed by atoms with Gasteiger partial charge in [-0.3, -0.25) is 14.3 Å². The Hall–Kier alpha value is -1.33. The van der Waals surface area contributed by atoms with Gasteiger partial charge in [0.1, 0.15) is 18.3 Å². The van der Waals surface area contributed by atoms with E-state index in [1.165, 1.54) is 0 Å². The minimum atomic E-state index is -4.47. The third-order valence-corrected chi connectivity index (χ3v) is 8.27. The van der Waals surface area contributed by atoms with E-state index in [1.54, 1.807) is 27.7 Å². The molecule has 1 fully saturated rings. The Morgan fingerprint density at radius 2 is 1.77 bits per heavy atom. The monoisotopic (exact) mass is 450 g/mol. The van der Waals surface area contributed by atoms with Gasteiger partial charge in [-0.15, -0.1) is 0 Å². The lowest BCUT2D eigenvalue weighted by Crippen LogP contribution is -2.40. The van der Waals surface area contributed by atoms with Crippen molar-refractivity contribution in [3.63, 3.8) is 0 Å². The van der Waals surface area contributed by atoms with Crippen LogP contribution in [0, 0.1) is 0 Å². The van der Waals surface area contributed by atoms with Gasteiger partial charge in [0.05, 0.1) is 17.3 Å². The smallest absolute Gasteiger partial charge is 0.359 e. The number of ether oxygens (including phenoxy) is 1. The normalized spacial score (nSPS) is 28.8. The quantitative estimate of drug-likeness (QED) is 0.292. The first-order chi connectivity index (χ1) is 13.8. The fourth-order valence-corrected chi connectivity index (χ4v) is 5.28. The molecule has 1 aromatic heterocycles. The zero-order valence-electron chi connectivity index (χ0n) is 17.5. The molecule has 0 amide bonds. The highest BCUT2D eigenvalue weighted by Gasteiger charge is 2.51. The van der Waals surface area contributed by atoms with Crippen LogP contribution in [0.15, 0.2) is 15.8 Å². The second-order valence-corrected chi connectivity index (χ2v) is 9.97. The molecule has 1 aliphatic heterocycles. The molecule has 1 saturated heterocycles. The number of aromatic amines is 2. The van der Waals surface area contributed by atoms with Crippen molar-refractivity contribution in [2.24, 2.45) is 0 Å². The van der Waals surface area contributed by atoms with Crippen LogP contribution in [0.2, 0.25) is 0 Å². The highest BCUT2D eigenvalue weighted by molar-refractivity contribution is 7.54. The largest absolute Gasteiger partial charge is 0.388 e. The van der Waals surface area contributed by atoms with E-state index in [0.29, 0.717) is 0 Å². The Balaban J connectivity index is 2.25. The molecule has 2 rings (SSSR count). The molecular formula is C18H31N2O9P. The molecule has 0 radical (unpaired) electrons. The van der Waals surface area contributed by atoms with Crippen LogP contribution >= 0.6 is 7.60 Å². The average molecular weight is 450 g/mol. The number of aliphatic hydroxyl groups is 3. The molecule has 1 aromatic rings. The Morgan fingerprint density at radius 1 is 1.17 bits per heavy atom. The Labute approximate surface area is 173 Å². The van der Waals surface area contributed by atoms with Gasteiger partial charge in [-0.25, -0.2) is 4.79 Å². The highest BCUT2D eigenvalue weighted by atomic mass is 31.2. The lowest BCUT2D eigenvalue weighted by molar-refractivity contribution is -0.0545. The summed E-state index contributed by atoms with van der Waals surface area (Å²) < 4.78 is 24.0. The summed E-state index contributed by atoms with van der Waals surface area (Å²) in [6, 6.07) is 0. The average Bonchev–Trinajstić information content (AvgIpc) is 2.94. The van der Waals surface area contributed by atoms with Gasteiger partial charge in [0.15, 0.2) is 5.34 Å². The predicted octanol–water partition coefficient (Wildman–Crippen LogP) is 0.494. The molecule has 0 bridgehead atoms. The van der Waals surface area contributed by atoms with E-state index >= 15 is 0 Å². The molecule has 172 valence electrons. The Bertz CT molecular complexity index is 896. The maximum atomic E-state index is 12.8. The molecule has 1 aliphatic rings. The number of aromatic nitrogens is 2. The summed E-state index contributed by atoms with van der Waals surface area (Å²) in [7, 11) is -4.47. The molecule has 6 N–H and O–H groups in total. The van der Waals surface area contributed by atoms with Crippen LogP contribution in [0.4, 0.5) is 0 Å². The van der Waals surface area contributed by atoms with E-state index in [1.807, 2.05) is 4.98 Å². The van der Waals surface area contributed by atoms with Gasteiger partial charge in [-0.05, 0) is 26.2 Å². The van der Waals surface area contributed by atoms with E-state index in [2.05, 4.69) is 4.98 Å². The second kappa shape index (κ2) is 9.04. The molecular weight excluding hydrogens is 419 g/mol. The van der Waals surface area contributed by atoms with E-state index in [-0.39, 0.29) is 31.2 Å². The molecule has 30 heavy (non-hydrogen) atoms. The van der Waals surface area contributed by atoms with Gasteiger partial charge >= 0.3 is 13.3 Å². The summed E-state index contributed by atoms with van der Waals surface area (Å²) in [5.74, 6) is 0. The van der Waals surface area contributed by atoms with Crippen molar-refractivity contribution >= 4 is 7.60 Å². The number of hydrogen-bond donors (Lipinski definition) is 6. The SMILES string of the molecule is CCC(O)(CC)P(=O)(O)O[C@](C)(CC)C[C@H]1O[C@@H](c2c[nH]c(=O)[nH]c2=O)[C@H](O)[C@@H]1O. The van der Waals surface area contributed by atoms with Crippen molar-refractivity contribution in [3.05, 3.63) is 32.6 Å². The first-order valence-electron chi connectivity index (χ1n) is 9.92. The fraction of sp³-hybridized carbons (Fsp3) is 0.778. The zero-order valence-corrected chi connectivity index (χ0v) is 18.4. The van der Waals surface area contributed by atoms with Crippen molar-refractivity contribution < 1.29 is 34.0 Å². The van der Waals surface area contributed by atoms with Crippen LogP contribution in [-0.4, -0.2) is 59.4 Å². The highest BCUT2D eigenvalue weighted by Crippen LogP contribution is 2.60. The van der Waals surface area contributed by atoms with Crippen LogP contribution in [0.1, 0.15) is 65.0 Å². The van der Waals surface area contributed by atoms with Crippen LogP contribution in [0.25, 0.3) is 0 Å². The summed E-state index contributed by atoms with van der Waals surface area (Å²) >= 11 is 0. The van der Waals surface area contributed by atoms with Crippen LogP contribution in [0.5, 0.6) is 0 Å². The van der Waals surface area contributed by atoms with E-state index in [4.69, 9.17) is 9.26 Å². The molecule has 11 nitrogen and oxygen atoms in total. The van der Waals surface area contributed by atoms with Gasteiger partial charge in [-0.2, -0.15) is 0 Å². The van der Waals surface area contributed by atoms with Crippen molar-refractivity contribution in [2.45, 2.75) is 88.7 Å². The van der Waals surface area contributed by atoms with Crippen LogP contribution in [-0.2, 0) is 13.8 Å². The predicted molar refractivity (Wildman–Crippen MR) is 107 cm³/mol. The number of aliphatic hydroxyl groups excluding tert-OH is 2. The first-order valence-corrected chi connectivity index (χ1v) is 11.5. The minimum Gasteiger partial charge on any atom is -0.388 e. The van der Waals surface area contributed by atoms with Gasteiger partial charge in [0, 0.05) is 12.6 Å². The van der Waals surface area contributed by atoms with Crippen LogP contribution < -0.4 is 11.2 Å². The lowest BCUT2D eigenvalue weighted by atomic mass is 9.92. The fourth-order valence-electron chi connectivity index (χ4n) is 3.51. The number of H-pyrrole nitrogens is 2. The van der Waals surface area contributed by atoms with Gasteiger partial charge in [0.2, 0.25) is 0 Å². The summed E-state index contributed by atoms with van der Waals surface area (Å²) in [5.41, 5.74) is -2.83. The van der Waals surface area contributed by atoms with Crippen molar-refractivity contribution in [3.8, 4) is 0 Å². The maximum Gasteiger partial charge on any atom is 0.359 e. The standard InChI is InChI=1S/C18H31N2O9P/c1-5-17(4,29-30(26,27)18(25,6-2)7-3)8-11-12(21)13(22)14(28-11)10-9-19-16(24)20-15(10)23/h9,11-14,21-22,25H,5-8H2,1-4H3,(H,26,27)(H2,19,20,23,24)/t11-,12-,13-,14+,17-/m1/s1. The maximum absolute atomic E-state index is 12.8. The molecule has 0 spiro atoms. The molecule has 6 atom stereocenters. The molecule has 1 unspecified atom stereocenters. The van der Waals surface area contributed by atoms with Crippen molar-refractivity contribution in [1.29, 1.82) is 0 Å². The molecule has 0 saturated carbocycles. The minimum absolute atomic E-state index is 0.00933. The molecule has 12 heteroatoms. The Morgan fingerprint density at radius 3 is 2.27 bits per heavy atom. The number of nitrogens with one attached hydrogen (secondary N) is 2. The summed E-state index contributed by atoms with van der Waals surface area (Å²) in [5, 5.41) is 29.4. The lowest BCUT2D eigenvalue weighted by Gasteiger charge is -2.38. The Kier molecular flexibility index (Phi) is 7.51. The summed E-state index contributed by atoms with van der Waals surface area (Å²) in [4.78, 5) is 38.0. The van der Waals surface area contributed by atoms with Gasteiger partial charge in [0.25, 0.3) is 5.56 Å². The van der Waals surface area contributed by atoms with Crippen molar-refractivity contribution in [1.82, 2.24) is 9.97 Å². The number of hydrogen-bond acceptors (Lipinski definition) is 8. The van der Waals surface area contributed by atoms with Crippen LogP contribution in [0.3, 0.4) is 0 Å². The van der Waals surface area contributed by atoms with Gasteiger partial charge < -0.3 is 34.5 Å². The number of rotatable bonds is 9. The topological polar surface area (TPSA) is 182 Å². The summed E-state index contributed by atoms with van der Waals surface area (Å²) in [6.45, 7) is 6.40. The van der Waals surface area contributed by atoms with E-state index in [9.17, 15) is 34.4 Å². The van der Waals surface area contributed by atoms with Crippen molar-refractivity contribution in [2.75, 3.05) is 0 Å². The third kappa shape index (κ3) is 4.77. The van der Waals surface area contributed by atoms with E-state index < -0.39 is 54.2 Å². The van der Waals surface area contributed by atoms with E-state index in [0.717, 1.165) is 6.20 Å². The second-order valence-electron chi connectivity index (χ2n) is 7.91.